The molecule has 10 heteroatoms. The fourth-order valence-electron chi connectivity index (χ4n) is 2.56. The van der Waals surface area contributed by atoms with Crippen molar-refractivity contribution in [2.75, 3.05) is 12.3 Å². The average Bonchev–Trinajstić information content (AvgIpc) is 3.07. The van der Waals surface area contributed by atoms with Crippen LogP contribution in [0, 0.1) is 0 Å². The normalized spacial score (nSPS) is 22.6. The van der Waals surface area contributed by atoms with Gasteiger partial charge in [-0.3, -0.25) is 14.5 Å². The molecule has 0 bridgehead atoms. The molecule has 27 heavy (non-hydrogen) atoms. The van der Waals surface area contributed by atoms with E-state index in [1.165, 1.54) is 22.7 Å². The van der Waals surface area contributed by atoms with Crippen molar-refractivity contribution in [1.29, 1.82) is 0 Å². The Hall–Kier alpha value is -1.68. The quantitative estimate of drug-likeness (QED) is 0.556. The molecule has 2 heterocycles. The molecule has 1 fully saturated rings. The number of carbonyl (C=O) groups is 2. The minimum atomic E-state index is -3.23. The van der Waals surface area contributed by atoms with Gasteiger partial charge in [-0.25, -0.2) is 8.42 Å². The van der Waals surface area contributed by atoms with Gasteiger partial charge >= 0.3 is 0 Å². The number of nitrogens with one attached hydrogen (secondary N) is 1. The van der Waals surface area contributed by atoms with Gasteiger partial charge in [-0.05, 0) is 29.8 Å². The van der Waals surface area contributed by atoms with Crippen LogP contribution in [0.25, 0.3) is 6.08 Å². The molecule has 3 rings (SSSR count). The molecule has 0 aliphatic carbocycles. The van der Waals surface area contributed by atoms with Crippen molar-refractivity contribution in [2.24, 2.45) is 0 Å². The summed E-state index contributed by atoms with van der Waals surface area (Å²) in [6.45, 7) is 0.137. The molecule has 1 N–H and O–H groups in total. The van der Waals surface area contributed by atoms with E-state index in [1.807, 2.05) is 0 Å². The molecular formula is C17H15ClN2O4S3. The minimum absolute atomic E-state index is 0.0328. The summed E-state index contributed by atoms with van der Waals surface area (Å²) in [6.07, 6.45) is 3.20. The fraction of sp³-hybridized carbons (Fsp3) is 0.235. The number of amides is 2. The van der Waals surface area contributed by atoms with Crippen molar-refractivity contribution >= 4 is 67.6 Å². The molecule has 1 aromatic rings. The number of benzene rings is 1. The Labute approximate surface area is 171 Å². The summed E-state index contributed by atoms with van der Waals surface area (Å²) in [6, 6.07) is 6.53. The first-order chi connectivity index (χ1) is 12.7. The van der Waals surface area contributed by atoms with Crippen LogP contribution in [0.4, 0.5) is 0 Å². The third-order valence-electron chi connectivity index (χ3n) is 3.88. The summed E-state index contributed by atoms with van der Waals surface area (Å²) in [5.74, 6) is -0.725. The van der Waals surface area contributed by atoms with Gasteiger partial charge in [0.15, 0.2) is 9.84 Å². The lowest BCUT2D eigenvalue weighted by molar-refractivity contribution is -0.124. The second-order valence-electron chi connectivity index (χ2n) is 5.97. The van der Waals surface area contributed by atoms with Gasteiger partial charge in [0.05, 0.1) is 16.7 Å². The van der Waals surface area contributed by atoms with E-state index in [1.54, 1.807) is 30.3 Å². The van der Waals surface area contributed by atoms with Crippen LogP contribution in [-0.2, 0) is 19.4 Å². The van der Waals surface area contributed by atoms with E-state index in [0.717, 1.165) is 11.0 Å². The van der Waals surface area contributed by atoms with Crippen molar-refractivity contribution in [1.82, 2.24) is 10.2 Å². The first kappa shape index (κ1) is 20.1. The maximum absolute atomic E-state index is 12.5. The van der Waals surface area contributed by atoms with Gasteiger partial charge in [-0.2, -0.15) is 0 Å². The van der Waals surface area contributed by atoms with Crippen LogP contribution in [0.3, 0.4) is 0 Å². The average molecular weight is 443 g/mol. The van der Waals surface area contributed by atoms with Crippen molar-refractivity contribution in [3.8, 4) is 0 Å². The van der Waals surface area contributed by atoms with Crippen LogP contribution in [0.15, 0.2) is 40.7 Å². The van der Waals surface area contributed by atoms with E-state index in [4.69, 9.17) is 23.8 Å². The van der Waals surface area contributed by atoms with Gasteiger partial charge in [0.2, 0.25) is 5.91 Å². The summed E-state index contributed by atoms with van der Waals surface area (Å²) in [4.78, 5) is 26.4. The largest absolute Gasteiger partial charge is 0.349 e. The molecule has 1 unspecified atom stereocenters. The van der Waals surface area contributed by atoms with Crippen LogP contribution in [-0.4, -0.2) is 47.8 Å². The van der Waals surface area contributed by atoms with Crippen LogP contribution in [0.1, 0.15) is 12.0 Å². The lowest BCUT2D eigenvalue weighted by atomic mass is 10.2. The minimum Gasteiger partial charge on any atom is -0.349 e. The number of sulfone groups is 1. The summed E-state index contributed by atoms with van der Waals surface area (Å²) in [5, 5.41) is 4.33. The third kappa shape index (κ3) is 5.19. The molecule has 2 aliphatic rings. The Morgan fingerprint density at radius 1 is 1.37 bits per heavy atom. The van der Waals surface area contributed by atoms with Crippen molar-refractivity contribution in [3.05, 3.63) is 51.2 Å². The van der Waals surface area contributed by atoms with E-state index in [9.17, 15) is 18.0 Å². The summed E-state index contributed by atoms with van der Waals surface area (Å²) in [7, 11) is -3.23. The highest BCUT2D eigenvalue weighted by molar-refractivity contribution is 8.26. The van der Waals surface area contributed by atoms with Gasteiger partial charge in [-0.1, -0.05) is 47.7 Å². The lowest BCUT2D eigenvalue weighted by Gasteiger charge is -2.15. The summed E-state index contributed by atoms with van der Waals surface area (Å²) >= 11 is 12.3. The Kier molecular flexibility index (Phi) is 6.05. The Bertz CT molecular complexity index is 955. The zero-order chi connectivity index (χ0) is 19.6. The van der Waals surface area contributed by atoms with E-state index >= 15 is 0 Å². The topological polar surface area (TPSA) is 83.6 Å². The molecule has 0 radical (unpaired) electrons. The van der Waals surface area contributed by atoms with Crippen molar-refractivity contribution in [2.45, 2.75) is 12.5 Å². The van der Waals surface area contributed by atoms with Crippen LogP contribution in [0.2, 0.25) is 5.02 Å². The van der Waals surface area contributed by atoms with Crippen LogP contribution >= 0.6 is 35.6 Å². The van der Waals surface area contributed by atoms with Gasteiger partial charge in [0.1, 0.15) is 4.32 Å². The fourth-order valence-corrected chi connectivity index (χ4v) is 5.23. The standard InChI is InChI=1S/C17H15ClN2O4S3/c18-12-3-1-11(2-4-12)9-14-16(22)20(17(25)26-14)7-5-15(21)19-13-6-8-27(23,24)10-13/h1-4,6,8-9,13H,5,7,10H2,(H,19,21)/b14-9-. The number of halogens is 1. The number of carbonyl (C=O) groups excluding carboxylic acids is 2. The maximum Gasteiger partial charge on any atom is 0.266 e. The summed E-state index contributed by atoms with van der Waals surface area (Å²) in [5.41, 5.74) is 0.826. The first-order valence-corrected chi connectivity index (χ1v) is 11.3. The van der Waals surface area contributed by atoms with E-state index < -0.39 is 15.9 Å². The smallest absolute Gasteiger partial charge is 0.266 e. The highest BCUT2D eigenvalue weighted by Gasteiger charge is 2.32. The molecular weight excluding hydrogens is 428 g/mol. The Morgan fingerprint density at radius 2 is 2.07 bits per heavy atom. The van der Waals surface area contributed by atoms with Crippen LogP contribution in [0.5, 0.6) is 0 Å². The first-order valence-electron chi connectivity index (χ1n) is 7.95. The highest BCUT2D eigenvalue weighted by atomic mass is 35.5. The van der Waals surface area contributed by atoms with Crippen molar-refractivity contribution < 1.29 is 18.0 Å². The molecule has 0 spiro atoms. The Morgan fingerprint density at radius 3 is 2.70 bits per heavy atom. The second-order valence-corrected chi connectivity index (χ2v) is 10.0. The van der Waals surface area contributed by atoms with E-state index in [2.05, 4.69) is 5.32 Å². The third-order valence-corrected chi connectivity index (χ3v) is 6.91. The molecule has 2 amide bonds. The van der Waals surface area contributed by atoms with Crippen molar-refractivity contribution in [3.63, 3.8) is 0 Å². The molecule has 2 aliphatic heterocycles. The molecule has 6 nitrogen and oxygen atoms in total. The second kappa shape index (κ2) is 8.14. The zero-order valence-corrected chi connectivity index (χ0v) is 17.1. The summed E-state index contributed by atoms with van der Waals surface area (Å²) < 4.78 is 23.1. The predicted molar refractivity (Wildman–Crippen MR) is 111 cm³/mol. The lowest BCUT2D eigenvalue weighted by Crippen LogP contribution is -2.38. The number of hydrogen-bond donors (Lipinski definition) is 1. The molecule has 1 saturated heterocycles. The molecule has 0 saturated carbocycles. The molecule has 1 atom stereocenters. The molecule has 1 aromatic carbocycles. The zero-order valence-electron chi connectivity index (χ0n) is 13.9. The Balaban J connectivity index is 1.57. The predicted octanol–water partition coefficient (Wildman–Crippen LogP) is 2.36. The van der Waals surface area contributed by atoms with Gasteiger partial charge in [-0.15, -0.1) is 0 Å². The number of nitrogens with zero attached hydrogens (tertiary/aromatic N) is 1. The monoisotopic (exact) mass is 442 g/mol. The SMILES string of the molecule is O=C(CCN1C(=O)/C(=C/c2ccc(Cl)cc2)SC1=S)NC1C=CS(=O)(=O)C1. The highest BCUT2D eigenvalue weighted by Crippen LogP contribution is 2.32. The number of hydrogen-bond acceptors (Lipinski definition) is 6. The van der Waals surface area contributed by atoms with Gasteiger partial charge in [0.25, 0.3) is 5.91 Å². The van der Waals surface area contributed by atoms with E-state index in [0.29, 0.717) is 14.2 Å². The molecule has 142 valence electrons. The van der Waals surface area contributed by atoms with Crippen LogP contribution < -0.4 is 5.32 Å². The number of rotatable bonds is 5. The molecule has 0 aromatic heterocycles. The van der Waals surface area contributed by atoms with E-state index in [-0.39, 0.29) is 30.5 Å². The maximum atomic E-state index is 12.5. The van der Waals surface area contributed by atoms with Gasteiger partial charge < -0.3 is 5.32 Å². The number of thiocarbonyl (C=S) groups is 1. The number of thioether (sulfide) groups is 1. The van der Waals surface area contributed by atoms with Gasteiger partial charge in [0, 0.05) is 23.4 Å².